The lowest BCUT2D eigenvalue weighted by Crippen LogP contribution is -2.36. The fourth-order valence-electron chi connectivity index (χ4n) is 2.28. The lowest BCUT2D eigenvalue weighted by Gasteiger charge is -2.21. The second-order valence-corrected chi connectivity index (χ2v) is 5.84. The maximum Gasteiger partial charge on any atom is 0.416 e. The molecule has 1 aromatic carbocycles. The van der Waals surface area contributed by atoms with E-state index in [1.165, 1.54) is 29.0 Å². The number of carbonyl (C=O) groups is 2. The molecule has 134 valence electrons. The highest BCUT2D eigenvalue weighted by Gasteiger charge is 2.30. The van der Waals surface area contributed by atoms with E-state index in [2.05, 4.69) is 0 Å². The second-order valence-electron chi connectivity index (χ2n) is 5.40. The molecule has 0 radical (unpaired) electrons. The number of aromatic nitrogens is 1. The number of alkyl halides is 3. The first kappa shape index (κ1) is 18.9. The molecule has 5 nitrogen and oxygen atoms in total. The van der Waals surface area contributed by atoms with Gasteiger partial charge < -0.3 is 14.6 Å². The molecule has 9 heteroatoms. The van der Waals surface area contributed by atoms with E-state index < -0.39 is 30.2 Å². The van der Waals surface area contributed by atoms with Crippen molar-refractivity contribution in [2.45, 2.75) is 12.7 Å². The van der Waals surface area contributed by atoms with Gasteiger partial charge in [0, 0.05) is 19.8 Å². The molecule has 0 spiro atoms. The number of hydrogen-bond donors (Lipinski definition) is 1. The number of rotatable bonds is 5. The highest BCUT2D eigenvalue weighted by atomic mass is 35.5. The molecule has 1 aromatic heterocycles. The zero-order valence-corrected chi connectivity index (χ0v) is 13.8. The molecule has 1 heterocycles. The van der Waals surface area contributed by atoms with E-state index in [1.807, 2.05) is 0 Å². The number of carboxylic acid groups (broad SMARTS) is 1. The average molecular weight is 375 g/mol. The number of hydrogen-bond acceptors (Lipinski definition) is 2. The van der Waals surface area contributed by atoms with Gasteiger partial charge in [-0.05, 0) is 23.8 Å². The fraction of sp³-hybridized carbons (Fsp3) is 0.250. The number of amides is 1. The van der Waals surface area contributed by atoms with Gasteiger partial charge in [-0.25, -0.2) is 0 Å². The van der Waals surface area contributed by atoms with Crippen molar-refractivity contribution in [2.24, 2.45) is 7.05 Å². The summed E-state index contributed by atoms with van der Waals surface area (Å²) in [4.78, 5) is 24.6. The Hall–Kier alpha value is -2.48. The number of benzene rings is 1. The van der Waals surface area contributed by atoms with E-state index >= 15 is 0 Å². The van der Waals surface area contributed by atoms with Crippen molar-refractivity contribution >= 4 is 23.5 Å². The van der Waals surface area contributed by atoms with Gasteiger partial charge in [0.1, 0.15) is 12.2 Å². The minimum absolute atomic E-state index is 0.147. The maximum absolute atomic E-state index is 12.6. The molecule has 0 saturated heterocycles. The van der Waals surface area contributed by atoms with E-state index in [1.54, 1.807) is 7.05 Å². The number of nitrogens with zero attached hydrogens (tertiary/aromatic N) is 2. The minimum atomic E-state index is -4.46. The van der Waals surface area contributed by atoms with Crippen LogP contribution in [0.25, 0.3) is 0 Å². The molecule has 1 N–H and O–H groups in total. The van der Waals surface area contributed by atoms with Crippen molar-refractivity contribution in [3.8, 4) is 0 Å². The van der Waals surface area contributed by atoms with Gasteiger partial charge in [0.25, 0.3) is 5.91 Å². The first-order chi connectivity index (χ1) is 11.6. The number of aryl methyl sites for hydroxylation is 1. The zero-order valence-electron chi connectivity index (χ0n) is 13.0. The Kier molecular flexibility index (Phi) is 5.42. The molecule has 0 unspecified atom stereocenters. The van der Waals surface area contributed by atoms with Gasteiger partial charge in [0.2, 0.25) is 0 Å². The quantitative estimate of drug-likeness (QED) is 0.872. The summed E-state index contributed by atoms with van der Waals surface area (Å²) in [7, 11) is 1.58. The molecule has 0 saturated carbocycles. The van der Waals surface area contributed by atoms with Crippen LogP contribution in [0, 0.1) is 0 Å². The summed E-state index contributed by atoms with van der Waals surface area (Å²) in [6.07, 6.45) is -2.97. The number of carbonyl (C=O) groups excluding carboxylic acids is 1. The van der Waals surface area contributed by atoms with Crippen molar-refractivity contribution in [3.63, 3.8) is 0 Å². The molecule has 2 aromatic rings. The smallest absolute Gasteiger partial charge is 0.416 e. The predicted molar refractivity (Wildman–Crippen MR) is 84.2 cm³/mol. The molecule has 0 aliphatic carbocycles. The summed E-state index contributed by atoms with van der Waals surface area (Å²) in [5.41, 5.74) is -0.261. The second kappa shape index (κ2) is 7.18. The summed E-state index contributed by atoms with van der Waals surface area (Å²) in [5.74, 6) is -1.82. The monoisotopic (exact) mass is 374 g/mol. The fourth-order valence-corrected chi connectivity index (χ4v) is 2.53. The SMILES string of the molecule is Cn1cc(Cl)cc1C(=O)N(CC(=O)O)Cc1ccc(C(F)(F)F)cc1. The Balaban J connectivity index is 2.24. The van der Waals surface area contributed by atoms with Gasteiger partial charge in [-0.2, -0.15) is 13.2 Å². The number of aliphatic carboxylic acids is 1. The lowest BCUT2D eigenvalue weighted by atomic mass is 10.1. The van der Waals surface area contributed by atoms with Crippen molar-refractivity contribution in [2.75, 3.05) is 6.54 Å². The van der Waals surface area contributed by atoms with Crippen LogP contribution in [0.3, 0.4) is 0 Å². The number of carboxylic acids is 1. The van der Waals surface area contributed by atoms with Crippen LogP contribution in [0.4, 0.5) is 13.2 Å². The van der Waals surface area contributed by atoms with Crippen LogP contribution < -0.4 is 0 Å². The Morgan fingerprint density at radius 2 is 1.84 bits per heavy atom. The van der Waals surface area contributed by atoms with Crippen molar-refractivity contribution < 1.29 is 27.9 Å². The summed E-state index contributed by atoms with van der Waals surface area (Å²) in [5, 5.41) is 9.32. The molecule has 2 rings (SSSR count). The first-order valence-corrected chi connectivity index (χ1v) is 7.45. The largest absolute Gasteiger partial charge is 0.480 e. The van der Waals surface area contributed by atoms with Gasteiger partial charge in [0.15, 0.2) is 0 Å². The molecule has 0 fully saturated rings. The zero-order chi connectivity index (χ0) is 18.8. The summed E-state index contributed by atoms with van der Waals surface area (Å²) >= 11 is 5.83. The van der Waals surface area contributed by atoms with E-state index in [9.17, 15) is 22.8 Å². The van der Waals surface area contributed by atoms with Crippen molar-refractivity contribution in [1.29, 1.82) is 0 Å². The first-order valence-electron chi connectivity index (χ1n) is 7.07. The molecule has 0 aliphatic rings. The van der Waals surface area contributed by atoms with Gasteiger partial charge in [-0.3, -0.25) is 9.59 Å². The van der Waals surface area contributed by atoms with Crippen LogP contribution in [0.5, 0.6) is 0 Å². The molecule has 0 bridgehead atoms. The Labute approximate surface area is 146 Å². The Morgan fingerprint density at radius 3 is 2.28 bits per heavy atom. The van der Waals surface area contributed by atoms with Crippen LogP contribution >= 0.6 is 11.6 Å². The molecule has 0 atom stereocenters. The van der Waals surface area contributed by atoms with Gasteiger partial charge in [-0.15, -0.1) is 0 Å². The van der Waals surface area contributed by atoms with Gasteiger partial charge in [0.05, 0.1) is 10.6 Å². The van der Waals surface area contributed by atoms with E-state index in [4.69, 9.17) is 16.7 Å². The minimum Gasteiger partial charge on any atom is -0.480 e. The predicted octanol–water partition coefficient (Wildman–Crippen LogP) is 3.42. The van der Waals surface area contributed by atoms with Crippen LogP contribution in [-0.2, 0) is 24.6 Å². The third-order valence-electron chi connectivity index (χ3n) is 3.46. The van der Waals surface area contributed by atoms with E-state index in [0.29, 0.717) is 10.6 Å². The van der Waals surface area contributed by atoms with Crippen LogP contribution in [-0.4, -0.2) is 33.0 Å². The normalized spacial score (nSPS) is 11.4. The lowest BCUT2D eigenvalue weighted by molar-refractivity contribution is -0.138. The summed E-state index contributed by atoms with van der Waals surface area (Å²) < 4.78 is 39.2. The van der Waals surface area contributed by atoms with E-state index in [0.717, 1.165) is 17.0 Å². The molecule has 25 heavy (non-hydrogen) atoms. The molecular weight excluding hydrogens is 361 g/mol. The van der Waals surface area contributed by atoms with Crippen LogP contribution in [0.2, 0.25) is 5.02 Å². The Bertz CT molecular complexity index is 785. The maximum atomic E-state index is 12.6. The summed E-state index contributed by atoms with van der Waals surface area (Å²) in [6.45, 7) is -0.741. The molecule has 1 amide bonds. The molecule has 0 aliphatic heterocycles. The highest BCUT2D eigenvalue weighted by Crippen LogP contribution is 2.29. The standard InChI is InChI=1S/C16H14ClF3N2O3/c1-21-8-12(17)6-13(21)15(25)22(9-14(23)24)7-10-2-4-11(5-3-10)16(18,19)20/h2-6,8H,7,9H2,1H3,(H,23,24). The molecular formula is C16H14ClF3N2O3. The topological polar surface area (TPSA) is 62.5 Å². The van der Waals surface area contributed by atoms with Gasteiger partial charge in [-0.1, -0.05) is 23.7 Å². The third kappa shape index (κ3) is 4.76. The van der Waals surface area contributed by atoms with E-state index in [-0.39, 0.29) is 12.2 Å². The van der Waals surface area contributed by atoms with Crippen LogP contribution in [0.15, 0.2) is 36.5 Å². The van der Waals surface area contributed by atoms with Crippen molar-refractivity contribution in [3.05, 3.63) is 58.4 Å². The number of halogens is 4. The highest BCUT2D eigenvalue weighted by molar-refractivity contribution is 6.31. The third-order valence-corrected chi connectivity index (χ3v) is 3.67. The van der Waals surface area contributed by atoms with Crippen molar-refractivity contribution in [1.82, 2.24) is 9.47 Å². The Morgan fingerprint density at radius 1 is 1.24 bits per heavy atom. The van der Waals surface area contributed by atoms with Gasteiger partial charge >= 0.3 is 12.1 Å². The average Bonchev–Trinajstić information content (AvgIpc) is 2.83. The summed E-state index contributed by atoms with van der Waals surface area (Å²) in [6, 6.07) is 5.59. The van der Waals surface area contributed by atoms with Crippen LogP contribution in [0.1, 0.15) is 21.6 Å².